The molecule has 0 radical (unpaired) electrons. The second-order valence-corrected chi connectivity index (χ2v) is 5.89. The van der Waals surface area contributed by atoms with Gasteiger partial charge >= 0.3 is 0 Å². The molecule has 18 heavy (non-hydrogen) atoms. The maximum Gasteiger partial charge on any atom is 0.273 e. The molecule has 0 saturated heterocycles. The van der Waals surface area contributed by atoms with Gasteiger partial charge in [0, 0.05) is 0 Å². The van der Waals surface area contributed by atoms with Crippen molar-refractivity contribution in [2.24, 2.45) is 5.73 Å². The predicted molar refractivity (Wildman–Crippen MR) is 65.1 cm³/mol. The van der Waals surface area contributed by atoms with Crippen LogP contribution in [0.25, 0.3) is 0 Å². The van der Waals surface area contributed by atoms with Gasteiger partial charge in [-0.25, -0.2) is 21.9 Å². The first-order chi connectivity index (χ1) is 8.18. The summed E-state index contributed by atoms with van der Waals surface area (Å²) < 4.78 is 51.5. The molecule has 0 aromatic heterocycles. The van der Waals surface area contributed by atoms with E-state index in [1.807, 2.05) is 4.72 Å². The molecular formula is C11H16F2N2O2S. The number of halogens is 2. The van der Waals surface area contributed by atoms with Gasteiger partial charge in [-0.1, -0.05) is 12.1 Å². The molecule has 1 aromatic rings. The van der Waals surface area contributed by atoms with Crippen molar-refractivity contribution in [1.82, 2.24) is 4.72 Å². The fourth-order valence-corrected chi connectivity index (χ4v) is 2.74. The van der Waals surface area contributed by atoms with Gasteiger partial charge in [0.1, 0.15) is 0 Å². The standard InChI is InChI=1S/C11H16F2N2O2S/c1-8-3-4-9(2)10(5-8)18(16,17)15-7-11(12,13)6-14/h3-5,15H,6-7,14H2,1-2H3. The summed E-state index contributed by atoms with van der Waals surface area (Å²) in [5, 5.41) is 0. The van der Waals surface area contributed by atoms with Crippen LogP contribution in [0, 0.1) is 13.8 Å². The summed E-state index contributed by atoms with van der Waals surface area (Å²) in [6, 6.07) is 4.83. The first-order valence-electron chi connectivity index (χ1n) is 5.33. The highest BCUT2D eigenvalue weighted by Crippen LogP contribution is 2.18. The van der Waals surface area contributed by atoms with E-state index in [-0.39, 0.29) is 4.90 Å². The number of nitrogens with one attached hydrogen (secondary N) is 1. The third-order valence-corrected chi connectivity index (χ3v) is 4.00. The maximum atomic E-state index is 12.9. The Morgan fingerprint density at radius 3 is 2.50 bits per heavy atom. The van der Waals surface area contributed by atoms with Crippen molar-refractivity contribution in [3.63, 3.8) is 0 Å². The summed E-state index contributed by atoms with van der Waals surface area (Å²) in [6.45, 7) is 1.43. The zero-order valence-corrected chi connectivity index (χ0v) is 11.0. The number of hydrogen-bond acceptors (Lipinski definition) is 3. The lowest BCUT2D eigenvalue weighted by Gasteiger charge is -2.15. The predicted octanol–water partition coefficient (Wildman–Crippen LogP) is 1.18. The Bertz CT molecular complexity index is 530. The minimum Gasteiger partial charge on any atom is -0.325 e. The van der Waals surface area contributed by atoms with E-state index in [1.165, 1.54) is 6.07 Å². The number of sulfonamides is 1. The van der Waals surface area contributed by atoms with Crippen LogP contribution >= 0.6 is 0 Å². The molecule has 0 saturated carbocycles. The van der Waals surface area contributed by atoms with Crippen molar-refractivity contribution < 1.29 is 17.2 Å². The Morgan fingerprint density at radius 2 is 1.94 bits per heavy atom. The molecule has 0 aliphatic carbocycles. The molecule has 0 aliphatic rings. The third-order valence-electron chi connectivity index (χ3n) is 2.45. The largest absolute Gasteiger partial charge is 0.325 e. The fraction of sp³-hybridized carbons (Fsp3) is 0.455. The number of rotatable bonds is 5. The highest BCUT2D eigenvalue weighted by Gasteiger charge is 2.29. The molecule has 0 fully saturated rings. The Labute approximate surface area is 105 Å². The quantitative estimate of drug-likeness (QED) is 0.849. The van der Waals surface area contributed by atoms with Gasteiger partial charge in [0.05, 0.1) is 18.0 Å². The van der Waals surface area contributed by atoms with Crippen LogP contribution in [-0.2, 0) is 10.0 Å². The lowest BCUT2D eigenvalue weighted by molar-refractivity contribution is 0.0170. The smallest absolute Gasteiger partial charge is 0.273 e. The van der Waals surface area contributed by atoms with E-state index in [1.54, 1.807) is 26.0 Å². The highest BCUT2D eigenvalue weighted by molar-refractivity contribution is 7.89. The zero-order chi connectivity index (χ0) is 14.0. The third kappa shape index (κ3) is 3.72. The Morgan fingerprint density at radius 1 is 1.33 bits per heavy atom. The lowest BCUT2D eigenvalue weighted by atomic mass is 10.2. The minimum absolute atomic E-state index is 0.00956. The Hall–Kier alpha value is -1.05. The van der Waals surface area contributed by atoms with Crippen LogP contribution in [0.2, 0.25) is 0 Å². The van der Waals surface area contributed by atoms with E-state index < -0.39 is 29.0 Å². The van der Waals surface area contributed by atoms with E-state index in [0.29, 0.717) is 5.56 Å². The summed E-state index contributed by atoms with van der Waals surface area (Å²) in [4.78, 5) is 0.00956. The van der Waals surface area contributed by atoms with Crippen LogP contribution < -0.4 is 10.5 Å². The summed E-state index contributed by atoms with van der Waals surface area (Å²) in [6.07, 6.45) is 0. The van der Waals surface area contributed by atoms with Crippen LogP contribution in [0.4, 0.5) is 8.78 Å². The second kappa shape index (κ2) is 5.29. The van der Waals surface area contributed by atoms with Crippen LogP contribution in [0.1, 0.15) is 11.1 Å². The number of benzene rings is 1. The van der Waals surface area contributed by atoms with E-state index >= 15 is 0 Å². The molecule has 0 heterocycles. The topological polar surface area (TPSA) is 72.2 Å². The summed E-state index contributed by atoms with van der Waals surface area (Å²) in [5.41, 5.74) is 6.09. The van der Waals surface area contributed by atoms with Gasteiger partial charge in [-0.2, -0.15) is 0 Å². The van der Waals surface area contributed by atoms with E-state index in [0.717, 1.165) is 5.56 Å². The minimum atomic E-state index is -3.94. The van der Waals surface area contributed by atoms with Crippen LogP contribution in [-0.4, -0.2) is 27.4 Å². The Balaban J connectivity index is 2.97. The van der Waals surface area contributed by atoms with E-state index in [4.69, 9.17) is 5.73 Å². The number of nitrogens with two attached hydrogens (primary N) is 1. The Kier molecular flexibility index (Phi) is 4.41. The van der Waals surface area contributed by atoms with Crippen molar-refractivity contribution >= 4 is 10.0 Å². The summed E-state index contributed by atoms with van der Waals surface area (Å²) >= 11 is 0. The van der Waals surface area contributed by atoms with Gasteiger partial charge in [-0.15, -0.1) is 0 Å². The van der Waals surface area contributed by atoms with Gasteiger partial charge in [-0.3, -0.25) is 0 Å². The molecule has 0 amide bonds. The summed E-state index contributed by atoms with van der Waals surface area (Å²) in [7, 11) is -3.94. The average molecular weight is 278 g/mol. The molecule has 7 heteroatoms. The molecule has 0 aliphatic heterocycles. The van der Waals surface area contributed by atoms with Gasteiger partial charge in [0.25, 0.3) is 5.92 Å². The van der Waals surface area contributed by atoms with Crippen LogP contribution in [0.5, 0.6) is 0 Å². The van der Waals surface area contributed by atoms with Crippen LogP contribution in [0.3, 0.4) is 0 Å². The number of hydrogen-bond donors (Lipinski definition) is 2. The molecule has 0 bridgehead atoms. The highest BCUT2D eigenvalue weighted by atomic mass is 32.2. The second-order valence-electron chi connectivity index (χ2n) is 4.15. The summed E-state index contributed by atoms with van der Waals surface area (Å²) in [5.74, 6) is -3.25. The van der Waals surface area contributed by atoms with Crippen molar-refractivity contribution in [2.75, 3.05) is 13.1 Å². The molecule has 1 aromatic carbocycles. The molecule has 0 spiro atoms. The molecular weight excluding hydrogens is 262 g/mol. The van der Waals surface area contributed by atoms with Crippen LogP contribution in [0.15, 0.2) is 23.1 Å². The van der Waals surface area contributed by atoms with Crippen molar-refractivity contribution in [1.29, 1.82) is 0 Å². The first-order valence-corrected chi connectivity index (χ1v) is 6.81. The van der Waals surface area contributed by atoms with Gasteiger partial charge in [0.2, 0.25) is 10.0 Å². The molecule has 1 rings (SSSR count). The van der Waals surface area contributed by atoms with E-state index in [2.05, 4.69) is 0 Å². The fourth-order valence-electron chi connectivity index (χ4n) is 1.35. The van der Waals surface area contributed by atoms with Gasteiger partial charge in [-0.05, 0) is 31.0 Å². The average Bonchev–Trinajstić information content (AvgIpc) is 2.30. The molecule has 3 N–H and O–H groups in total. The zero-order valence-electron chi connectivity index (χ0n) is 10.2. The van der Waals surface area contributed by atoms with Gasteiger partial charge in [0.15, 0.2) is 0 Å². The monoisotopic (exact) mass is 278 g/mol. The van der Waals surface area contributed by atoms with E-state index in [9.17, 15) is 17.2 Å². The first kappa shape index (κ1) is 15.0. The molecule has 4 nitrogen and oxygen atoms in total. The molecule has 0 unspecified atom stereocenters. The number of alkyl halides is 2. The molecule has 0 atom stereocenters. The van der Waals surface area contributed by atoms with Crippen molar-refractivity contribution in [3.05, 3.63) is 29.3 Å². The van der Waals surface area contributed by atoms with Crippen molar-refractivity contribution in [2.45, 2.75) is 24.7 Å². The lowest BCUT2D eigenvalue weighted by Crippen LogP contribution is -2.41. The maximum absolute atomic E-state index is 12.9. The van der Waals surface area contributed by atoms with Crippen molar-refractivity contribution in [3.8, 4) is 0 Å². The number of aryl methyl sites for hydroxylation is 2. The molecule has 102 valence electrons. The normalized spacial score (nSPS) is 12.7. The SMILES string of the molecule is Cc1ccc(C)c(S(=O)(=O)NCC(F)(F)CN)c1. The van der Waals surface area contributed by atoms with Gasteiger partial charge < -0.3 is 5.73 Å².